The smallest absolute Gasteiger partial charge is 0.302 e. The van der Waals surface area contributed by atoms with E-state index in [0.717, 1.165) is 11.1 Å². The standard InChI is InChI=1S/C34H29N3O5/c1-22(38)42-27-19-26-20-37(31-14-8-7-13-30(31)34(41)36(26)21-27)33(40)24-15-17-25(18-16-24)35-32(39)29-12-6-5-11-28(29)23-9-3-2-4-10-23/h2-18,26-27H,19-21H2,1H3,(H,35,39)/t26-,27+/m0/s1. The Labute approximate surface area is 243 Å². The quantitative estimate of drug-likeness (QED) is 0.330. The Morgan fingerprint density at radius 1 is 0.786 bits per heavy atom. The Morgan fingerprint density at radius 2 is 1.45 bits per heavy atom. The first-order valence-corrected chi connectivity index (χ1v) is 13.8. The summed E-state index contributed by atoms with van der Waals surface area (Å²) in [5, 5.41) is 2.94. The number of carbonyl (C=O) groups excluding carboxylic acids is 4. The number of para-hydroxylation sites is 1. The summed E-state index contributed by atoms with van der Waals surface area (Å²) in [5.41, 5.74) is 4.26. The highest BCUT2D eigenvalue weighted by atomic mass is 16.5. The van der Waals surface area contributed by atoms with Crippen LogP contribution in [0.15, 0.2) is 103 Å². The first-order valence-electron chi connectivity index (χ1n) is 13.8. The maximum atomic E-state index is 13.8. The second-order valence-electron chi connectivity index (χ2n) is 10.5. The molecule has 2 aliphatic rings. The summed E-state index contributed by atoms with van der Waals surface area (Å²) >= 11 is 0. The number of carbonyl (C=O) groups is 4. The van der Waals surface area contributed by atoms with E-state index in [1.54, 1.807) is 64.4 Å². The largest absolute Gasteiger partial charge is 0.461 e. The van der Waals surface area contributed by atoms with Gasteiger partial charge in [0.25, 0.3) is 17.7 Å². The van der Waals surface area contributed by atoms with E-state index in [2.05, 4.69) is 5.32 Å². The summed E-state index contributed by atoms with van der Waals surface area (Å²) in [6.45, 7) is 1.92. The van der Waals surface area contributed by atoms with Crippen molar-refractivity contribution in [2.24, 2.45) is 0 Å². The van der Waals surface area contributed by atoms with Crippen molar-refractivity contribution < 1.29 is 23.9 Å². The van der Waals surface area contributed by atoms with E-state index in [0.29, 0.717) is 41.0 Å². The van der Waals surface area contributed by atoms with Crippen LogP contribution in [0.1, 0.15) is 44.4 Å². The number of hydrogen-bond acceptors (Lipinski definition) is 5. The van der Waals surface area contributed by atoms with Gasteiger partial charge in [-0.2, -0.15) is 0 Å². The summed E-state index contributed by atoms with van der Waals surface area (Å²) < 4.78 is 5.40. The van der Waals surface area contributed by atoms with Crippen molar-refractivity contribution in [3.63, 3.8) is 0 Å². The Bertz CT molecular complexity index is 1670. The Balaban J connectivity index is 1.22. The zero-order valence-electron chi connectivity index (χ0n) is 23.0. The van der Waals surface area contributed by atoms with Crippen molar-refractivity contribution in [1.82, 2.24) is 4.90 Å². The first-order chi connectivity index (χ1) is 20.4. The molecule has 1 fully saturated rings. The molecule has 6 rings (SSSR count). The molecule has 42 heavy (non-hydrogen) atoms. The molecule has 2 heterocycles. The van der Waals surface area contributed by atoms with Crippen molar-refractivity contribution in [2.75, 3.05) is 23.3 Å². The molecule has 0 unspecified atom stereocenters. The average Bonchev–Trinajstić information content (AvgIpc) is 3.36. The molecule has 0 bridgehead atoms. The molecule has 8 heteroatoms. The molecule has 2 atom stereocenters. The van der Waals surface area contributed by atoms with Crippen molar-refractivity contribution >= 4 is 35.1 Å². The Kier molecular flexibility index (Phi) is 7.27. The SMILES string of the molecule is CC(=O)O[C@@H]1C[C@H]2CN(C(=O)c3ccc(NC(=O)c4ccccc4-c4ccccc4)cc3)c3ccccc3C(=O)N2C1. The third-order valence-electron chi connectivity index (χ3n) is 7.68. The number of anilines is 2. The van der Waals surface area contributed by atoms with E-state index >= 15 is 0 Å². The van der Waals surface area contributed by atoms with E-state index in [1.165, 1.54) is 6.92 Å². The van der Waals surface area contributed by atoms with Crippen LogP contribution in [0, 0.1) is 0 Å². The van der Waals surface area contributed by atoms with E-state index in [-0.39, 0.29) is 30.3 Å². The molecule has 0 spiro atoms. The molecule has 1 N–H and O–H groups in total. The van der Waals surface area contributed by atoms with Gasteiger partial charge in [-0.25, -0.2) is 0 Å². The number of ether oxygens (including phenoxy) is 1. The lowest BCUT2D eigenvalue weighted by molar-refractivity contribution is -0.145. The van der Waals surface area contributed by atoms with Crippen molar-refractivity contribution in [1.29, 1.82) is 0 Å². The molecule has 0 saturated carbocycles. The predicted molar refractivity (Wildman–Crippen MR) is 159 cm³/mol. The monoisotopic (exact) mass is 559 g/mol. The number of esters is 1. The van der Waals surface area contributed by atoms with Gasteiger partial charge in [-0.05, 0) is 53.6 Å². The van der Waals surface area contributed by atoms with Gasteiger partial charge in [-0.15, -0.1) is 0 Å². The minimum atomic E-state index is -0.409. The molecule has 8 nitrogen and oxygen atoms in total. The van der Waals surface area contributed by atoms with Gasteiger partial charge in [0.05, 0.1) is 23.8 Å². The van der Waals surface area contributed by atoms with E-state index in [1.807, 2.05) is 48.5 Å². The maximum Gasteiger partial charge on any atom is 0.302 e. The highest BCUT2D eigenvalue weighted by Gasteiger charge is 2.42. The fraction of sp³-hybridized carbons (Fsp3) is 0.176. The second kappa shape index (κ2) is 11.3. The normalized spacial score (nSPS) is 17.6. The number of nitrogens with zero attached hydrogens (tertiary/aromatic N) is 2. The van der Waals surface area contributed by atoms with E-state index in [4.69, 9.17) is 4.74 Å². The Morgan fingerprint density at radius 3 is 2.19 bits per heavy atom. The molecule has 4 aromatic rings. The fourth-order valence-corrected chi connectivity index (χ4v) is 5.76. The third kappa shape index (κ3) is 5.26. The zero-order valence-corrected chi connectivity index (χ0v) is 23.0. The lowest BCUT2D eigenvalue weighted by Gasteiger charge is -2.26. The molecular weight excluding hydrogens is 530 g/mol. The van der Waals surface area contributed by atoms with Gasteiger partial charge in [0.15, 0.2) is 0 Å². The summed E-state index contributed by atoms with van der Waals surface area (Å²) in [4.78, 5) is 55.4. The topological polar surface area (TPSA) is 96.0 Å². The second-order valence-corrected chi connectivity index (χ2v) is 10.5. The predicted octanol–water partition coefficient (Wildman–Crippen LogP) is 5.41. The zero-order chi connectivity index (χ0) is 29.2. The fourth-order valence-electron chi connectivity index (χ4n) is 5.76. The third-order valence-corrected chi connectivity index (χ3v) is 7.68. The van der Waals surface area contributed by atoms with Crippen LogP contribution < -0.4 is 10.2 Å². The molecule has 4 aromatic carbocycles. The molecule has 0 aliphatic carbocycles. The van der Waals surface area contributed by atoms with Crippen LogP contribution in [0.2, 0.25) is 0 Å². The minimum absolute atomic E-state index is 0.186. The molecule has 210 valence electrons. The van der Waals surface area contributed by atoms with Crippen LogP contribution >= 0.6 is 0 Å². The van der Waals surface area contributed by atoms with Crippen molar-refractivity contribution in [3.8, 4) is 11.1 Å². The first kappa shape index (κ1) is 27.0. The van der Waals surface area contributed by atoms with Gasteiger partial charge in [0.1, 0.15) is 6.10 Å². The minimum Gasteiger partial charge on any atom is -0.461 e. The van der Waals surface area contributed by atoms with Gasteiger partial charge in [-0.3, -0.25) is 19.2 Å². The van der Waals surface area contributed by atoms with Crippen LogP contribution in [0.3, 0.4) is 0 Å². The summed E-state index contributed by atoms with van der Waals surface area (Å²) in [6.07, 6.45) is 0.0481. The van der Waals surface area contributed by atoms with Gasteiger partial charge >= 0.3 is 5.97 Å². The van der Waals surface area contributed by atoms with Gasteiger partial charge in [0, 0.05) is 36.7 Å². The lowest BCUT2D eigenvalue weighted by atomic mass is 9.99. The maximum absolute atomic E-state index is 13.8. The van der Waals surface area contributed by atoms with Crippen molar-refractivity contribution in [3.05, 3.63) is 120 Å². The molecule has 0 aromatic heterocycles. The average molecular weight is 560 g/mol. The van der Waals surface area contributed by atoms with E-state index < -0.39 is 12.1 Å². The lowest BCUT2D eigenvalue weighted by Crippen LogP contribution is -2.42. The number of fused-ring (bicyclic) bond motifs is 2. The van der Waals surface area contributed by atoms with E-state index in [9.17, 15) is 19.2 Å². The van der Waals surface area contributed by atoms with Gasteiger partial charge in [-0.1, -0.05) is 60.7 Å². The molecular formula is C34H29N3O5. The number of amides is 3. The summed E-state index contributed by atoms with van der Waals surface area (Å²) in [6, 6.07) is 30.6. The summed E-state index contributed by atoms with van der Waals surface area (Å²) in [5.74, 6) is -1.10. The Hall–Kier alpha value is -5.24. The molecule has 0 radical (unpaired) electrons. The highest BCUT2D eigenvalue weighted by molar-refractivity contribution is 6.12. The van der Waals surface area contributed by atoms with Crippen LogP contribution in [0.4, 0.5) is 11.4 Å². The number of nitrogens with one attached hydrogen (secondary N) is 1. The van der Waals surface area contributed by atoms with Crippen LogP contribution in [-0.4, -0.2) is 53.8 Å². The molecule has 1 saturated heterocycles. The highest BCUT2D eigenvalue weighted by Crippen LogP contribution is 2.33. The number of benzene rings is 4. The van der Waals surface area contributed by atoms with Crippen LogP contribution in [0.25, 0.3) is 11.1 Å². The van der Waals surface area contributed by atoms with Gasteiger partial charge < -0.3 is 19.9 Å². The summed E-state index contributed by atoms with van der Waals surface area (Å²) in [7, 11) is 0. The number of hydrogen-bond donors (Lipinski definition) is 1. The molecule has 3 amide bonds. The van der Waals surface area contributed by atoms with Crippen LogP contribution in [-0.2, 0) is 9.53 Å². The van der Waals surface area contributed by atoms with Crippen molar-refractivity contribution in [2.45, 2.75) is 25.5 Å². The number of rotatable bonds is 5. The van der Waals surface area contributed by atoms with Crippen LogP contribution in [0.5, 0.6) is 0 Å². The van der Waals surface area contributed by atoms with Gasteiger partial charge in [0.2, 0.25) is 0 Å². The molecule has 2 aliphatic heterocycles.